The van der Waals surface area contributed by atoms with Gasteiger partial charge in [0.25, 0.3) is 0 Å². The molecule has 0 aliphatic carbocycles. The number of hydrogen-bond donors (Lipinski definition) is 4. The highest BCUT2D eigenvalue weighted by atomic mass is 16.5. The molecule has 8 nitrogen and oxygen atoms in total. The minimum Gasteiger partial charge on any atom is -0.394 e. The van der Waals surface area contributed by atoms with Gasteiger partial charge in [-0.1, -0.05) is 63.5 Å². The van der Waals surface area contributed by atoms with Crippen LogP contribution in [0, 0.1) is 0 Å². The van der Waals surface area contributed by atoms with Gasteiger partial charge in [0, 0.05) is 25.9 Å². The molecular weight excluding hydrogens is 460 g/mol. The molecule has 0 heterocycles. The predicted octanol–water partition coefficient (Wildman–Crippen LogP) is 4.03. The molecule has 4 N–H and O–H groups in total. The molecule has 36 heavy (non-hydrogen) atoms. The minimum absolute atomic E-state index is 0.0154. The SMILES string of the molecule is O=C(CCCCCC/C=C/CCCCCCCCCCC(=O)NCCOCCO)NCCOCCO. The molecule has 0 rings (SSSR count). The van der Waals surface area contributed by atoms with Crippen LogP contribution in [0.25, 0.3) is 0 Å². The third-order valence-corrected chi connectivity index (χ3v) is 5.82. The summed E-state index contributed by atoms with van der Waals surface area (Å²) in [6, 6.07) is 0. The number of ether oxygens (including phenoxy) is 2. The highest BCUT2D eigenvalue weighted by Gasteiger charge is 2.01. The monoisotopic (exact) mass is 514 g/mol. The lowest BCUT2D eigenvalue weighted by molar-refractivity contribution is -0.122. The van der Waals surface area contributed by atoms with E-state index in [4.69, 9.17) is 19.7 Å². The first-order valence-corrected chi connectivity index (χ1v) is 14.3. The largest absolute Gasteiger partial charge is 0.394 e. The Balaban J connectivity index is 3.24. The molecule has 2 amide bonds. The molecule has 0 radical (unpaired) electrons. The van der Waals surface area contributed by atoms with Crippen LogP contribution in [0.15, 0.2) is 12.2 Å². The second kappa shape index (κ2) is 29.7. The molecule has 0 atom stereocenters. The first-order valence-electron chi connectivity index (χ1n) is 14.3. The summed E-state index contributed by atoms with van der Waals surface area (Å²) in [5.41, 5.74) is 0. The second-order valence-electron chi connectivity index (χ2n) is 9.16. The van der Waals surface area contributed by atoms with Crippen molar-refractivity contribution in [2.24, 2.45) is 0 Å². The smallest absolute Gasteiger partial charge is 0.220 e. The van der Waals surface area contributed by atoms with Crippen LogP contribution in [-0.2, 0) is 19.1 Å². The van der Waals surface area contributed by atoms with Crippen molar-refractivity contribution in [3.63, 3.8) is 0 Å². The Morgan fingerprint density at radius 2 is 0.889 bits per heavy atom. The fourth-order valence-corrected chi connectivity index (χ4v) is 3.78. The van der Waals surface area contributed by atoms with Crippen LogP contribution in [0.5, 0.6) is 0 Å². The zero-order valence-corrected chi connectivity index (χ0v) is 22.7. The van der Waals surface area contributed by atoms with Crippen molar-refractivity contribution in [1.29, 1.82) is 0 Å². The highest BCUT2D eigenvalue weighted by molar-refractivity contribution is 5.76. The van der Waals surface area contributed by atoms with E-state index in [0.29, 0.717) is 52.4 Å². The maximum absolute atomic E-state index is 11.7. The Hall–Kier alpha value is -1.48. The van der Waals surface area contributed by atoms with Gasteiger partial charge in [-0.2, -0.15) is 0 Å². The Kier molecular flexibility index (Phi) is 28.5. The molecular formula is C28H54N2O6. The summed E-state index contributed by atoms with van der Waals surface area (Å²) in [7, 11) is 0. The van der Waals surface area contributed by atoms with Crippen molar-refractivity contribution in [2.75, 3.05) is 52.7 Å². The number of carbonyl (C=O) groups is 2. The lowest BCUT2D eigenvalue weighted by Gasteiger charge is -2.06. The maximum atomic E-state index is 11.7. The summed E-state index contributed by atoms with van der Waals surface area (Å²) in [5, 5.41) is 22.9. The third-order valence-electron chi connectivity index (χ3n) is 5.82. The summed E-state index contributed by atoms with van der Waals surface area (Å²) < 4.78 is 10.2. The molecule has 8 heteroatoms. The van der Waals surface area contributed by atoms with Gasteiger partial charge in [0.2, 0.25) is 11.8 Å². The molecule has 0 fully saturated rings. The Bertz CT molecular complexity index is 516. The summed E-state index contributed by atoms with van der Waals surface area (Å²) in [6.45, 7) is 2.61. The number of rotatable bonds is 28. The maximum Gasteiger partial charge on any atom is 0.220 e. The zero-order valence-electron chi connectivity index (χ0n) is 22.7. The second-order valence-corrected chi connectivity index (χ2v) is 9.16. The van der Waals surface area contributed by atoms with Gasteiger partial charge in [0.15, 0.2) is 0 Å². The van der Waals surface area contributed by atoms with E-state index in [1.165, 1.54) is 57.8 Å². The quantitative estimate of drug-likeness (QED) is 0.0925. The summed E-state index contributed by atoms with van der Waals surface area (Å²) in [4.78, 5) is 23.3. The number of nitrogens with one attached hydrogen (secondary N) is 2. The third kappa shape index (κ3) is 28.8. The fraction of sp³-hybridized carbons (Fsp3) is 0.857. The van der Waals surface area contributed by atoms with Gasteiger partial charge >= 0.3 is 0 Å². The van der Waals surface area contributed by atoms with E-state index in [-0.39, 0.29) is 25.0 Å². The van der Waals surface area contributed by atoms with E-state index >= 15 is 0 Å². The highest BCUT2D eigenvalue weighted by Crippen LogP contribution is 2.11. The fourth-order valence-electron chi connectivity index (χ4n) is 3.78. The van der Waals surface area contributed by atoms with Crippen molar-refractivity contribution in [3.05, 3.63) is 12.2 Å². The van der Waals surface area contributed by atoms with Crippen molar-refractivity contribution in [3.8, 4) is 0 Å². The number of hydrogen-bond acceptors (Lipinski definition) is 6. The van der Waals surface area contributed by atoms with E-state index in [1.54, 1.807) is 0 Å². The average Bonchev–Trinajstić information content (AvgIpc) is 2.87. The lowest BCUT2D eigenvalue weighted by atomic mass is 10.1. The van der Waals surface area contributed by atoms with Gasteiger partial charge in [-0.3, -0.25) is 9.59 Å². The summed E-state index contributed by atoms with van der Waals surface area (Å²) in [6.07, 6.45) is 22.1. The van der Waals surface area contributed by atoms with Gasteiger partial charge in [-0.15, -0.1) is 0 Å². The summed E-state index contributed by atoms with van der Waals surface area (Å²) in [5.74, 6) is 0.175. The summed E-state index contributed by atoms with van der Waals surface area (Å²) >= 11 is 0. The Morgan fingerprint density at radius 1 is 0.528 bits per heavy atom. The lowest BCUT2D eigenvalue weighted by Crippen LogP contribution is -2.27. The van der Waals surface area contributed by atoms with Crippen LogP contribution in [0.3, 0.4) is 0 Å². The average molecular weight is 515 g/mol. The van der Waals surface area contributed by atoms with Crippen LogP contribution in [-0.4, -0.2) is 74.8 Å². The number of carbonyl (C=O) groups excluding carboxylic acids is 2. The molecule has 0 aliphatic heterocycles. The topological polar surface area (TPSA) is 117 Å². The van der Waals surface area contributed by atoms with Gasteiger partial charge in [-0.25, -0.2) is 0 Å². The number of unbranched alkanes of at least 4 members (excludes halogenated alkanes) is 12. The minimum atomic E-state index is 0.0154. The van der Waals surface area contributed by atoms with Gasteiger partial charge in [-0.05, 0) is 38.5 Å². The molecule has 0 saturated heterocycles. The molecule has 0 aromatic rings. The number of aliphatic hydroxyl groups excluding tert-OH is 2. The van der Waals surface area contributed by atoms with Crippen LogP contribution in [0.2, 0.25) is 0 Å². The van der Waals surface area contributed by atoms with Crippen LogP contribution in [0.1, 0.15) is 103 Å². The number of allylic oxidation sites excluding steroid dienone is 2. The van der Waals surface area contributed by atoms with E-state index in [1.807, 2.05) is 0 Å². The van der Waals surface area contributed by atoms with Gasteiger partial charge < -0.3 is 30.3 Å². The van der Waals surface area contributed by atoms with Crippen molar-refractivity contribution in [2.45, 2.75) is 103 Å². The van der Waals surface area contributed by atoms with E-state index < -0.39 is 0 Å². The predicted molar refractivity (Wildman–Crippen MR) is 145 cm³/mol. The van der Waals surface area contributed by atoms with Crippen molar-refractivity contribution in [1.82, 2.24) is 10.6 Å². The first-order chi connectivity index (χ1) is 17.7. The molecule has 0 unspecified atom stereocenters. The number of amides is 2. The van der Waals surface area contributed by atoms with Crippen LogP contribution in [0.4, 0.5) is 0 Å². The molecule has 0 bridgehead atoms. The zero-order chi connectivity index (χ0) is 26.4. The molecule has 0 aromatic carbocycles. The molecule has 212 valence electrons. The Morgan fingerprint density at radius 3 is 1.28 bits per heavy atom. The van der Waals surface area contributed by atoms with E-state index in [2.05, 4.69) is 22.8 Å². The van der Waals surface area contributed by atoms with Crippen molar-refractivity contribution >= 4 is 11.8 Å². The molecule has 0 spiro atoms. The number of aliphatic hydroxyl groups is 2. The molecule has 0 aliphatic rings. The van der Waals surface area contributed by atoms with Gasteiger partial charge in [0.1, 0.15) is 0 Å². The van der Waals surface area contributed by atoms with Crippen LogP contribution < -0.4 is 10.6 Å². The van der Waals surface area contributed by atoms with Crippen LogP contribution >= 0.6 is 0 Å². The van der Waals surface area contributed by atoms with E-state index in [9.17, 15) is 9.59 Å². The molecule has 0 aromatic heterocycles. The first kappa shape index (κ1) is 34.5. The van der Waals surface area contributed by atoms with Crippen molar-refractivity contribution < 1.29 is 29.3 Å². The van der Waals surface area contributed by atoms with E-state index in [0.717, 1.165) is 32.1 Å². The van der Waals surface area contributed by atoms with Gasteiger partial charge in [0.05, 0.1) is 39.6 Å². The Labute approximate surface area is 219 Å². The standard InChI is InChI=1S/C28H54N2O6/c31-21-25-35-23-19-29-27(33)17-15-13-11-9-7-5-3-1-2-4-6-8-10-12-14-16-18-28(34)30-20-24-36-26-22-32/h3,5,31-32H,1-2,4,6-26H2,(H,29,33)(H,30,34)/b5-3+. The molecule has 0 saturated carbocycles. The normalized spacial score (nSPS) is 11.3.